The maximum atomic E-state index is 5.76. The van der Waals surface area contributed by atoms with Crippen molar-refractivity contribution < 1.29 is 0 Å². The number of hydrogen-bond acceptors (Lipinski definition) is 1. The molecule has 2 N–H and O–H groups in total. The van der Waals surface area contributed by atoms with Gasteiger partial charge < -0.3 is 5.73 Å². The summed E-state index contributed by atoms with van der Waals surface area (Å²) in [6.07, 6.45) is 2.18. The Morgan fingerprint density at radius 1 is 1.17 bits per heavy atom. The molecule has 0 saturated heterocycles. The Labute approximate surface area is 74.6 Å². The lowest BCUT2D eigenvalue weighted by molar-refractivity contribution is 1.02. The van der Waals surface area contributed by atoms with E-state index in [0.717, 1.165) is 18.5 Å². The summed E-state index contributed by atoms with van der Waals surface area (Å²) < 4.78 is 0. The van der Waals surface area contributed by atoms with Crippen LogP contribution in [0.15, 0.2) is 12.1 Å². The minimum Gasteiger partial charge on any atom is -0.399 e. The molecule has 0 bridgehead atoms. The zero-order valence-corrected chi connectivity index (χ0v) is 8.15. The summed E-state index contributed by atoms with van der Waals surface area (Å²) in [6, 6.07) is 4.14. The van der Waals surface area contributed by atoms with E-state index in [2.05, 4.69) is 32.9 Å². The van der Waals surface area contributed by atoms with Gasteiger partial charge in [0.25, 0.3) is 0 Å². The van der Waals surface area contributed by atoms with Gasteiger partial charge in [-0.25, -0.2) is 0 Å². The second kappa shape index (κ2) is 3.61. The lowest BCUT2D eigenvalue weighted by atomic mass is 9.97. The molecule has 1 rings (SSSR count). The lowest BCUT2D eigenvalue weighted by Crippen LogP contribution is -1.97. The maximum absolute atomic E-state index is 5.76. The number of benzene rings is 1. The van der Waals surface area contributed by atoms with Crippen molar-refractivity contribution in [2.75, 3.05) is 5.73 Å². The van der Waals surface area contributed by atoms with Gasteiger partial charge in [0.15, 0.2) is 0 Å². The van der Waals surface area contributed by atoms with Crippen LogP contribution in [0.5, 0.6) is 0 Å². The first-order valence-corrected chi connectivity index (χ1v) is 4.56. The van der Waals surface area contributed by atoms with Gasteiger partial charge in [0.1, 0.15) is 0 Å². The Bertz CT molecular complexity index is 277. The quantitative estimate of drug-likeness (QED) is 0.666. The van der Waals surface area contributed by atoms with Gasteiger partial charge in [-0.1, -0.05) is 13.8 Å². The molecule has 0 aliphatic heterocycles. The number of nitrogen functional groups attached to an aromatic ring is 1. The van der Waals surface area contributed by atoms with Gasteiger partial charge in [0.05, 0.1) is 0 Å². The molecule has 0 fully saturated rings. The van der Waals surface area contributed by atoms with Crippen LogP contribution >= 0.6 is 0 Å². The van der Waals surface area contributed by atoms with Gasteiger partial charge in [-0.2, -0.15) is 0 Å². The average Bonchev–Trinajstić information content (AvgIpc) is 2.03. The van der Waals surface area contributed by atoms with Crippen LogP contribution in [0.2, 0.25) is 0 Å². The average molecular weight is 163 g/mol. The van der Waals surface area contributed by atoms with Gasteiger partial charge in [-0.05, 0) is 48.6 Å². The van der Waals surface area contributed by atoms with Crippen LogP contribution in [0, 0.1) is 6.92 Å². The molecule has 1 heteroatoms. The lowest BCUT2D eigenvalue weighted by Gasteiger charge is -2.10. The van der Waals surface area contributed by atoms with Crippen LogP contribution in [-0.4, -0.2) is 0 Å². The summed E-state index contributed by atoms with van der Waals surface area (Å²) in [4.78, 5) is 0. The van der Waals surface area contributed by atoms with E-state index in [1.165, 1.54) is 16.7 Å². The molecule has 12 heavy (non-hydrogen) atoms. The van der Waals surface area contributed by atoms with E-state index >= 15 is 0 Å². The summed E-state index contributed by atoms with van der Waals surface area (Å²) in [5.74, 6) is 0. The highest BCUT2D eigenvalue weighted by Gasteiger charge is 2.02. The summed E-state index contributed by atoms with van der Waals surface area (Å²) in [6.45, 7) is 6.50. The van der Waals surface area contributed by atoms with Crippen molar-refractivity contribution in [2.24, 2.45) is 0 Å². The highest BCUT2D eigenvalue weighted by Crippen LogP contribution is 2.19. The first-order chi connectivity index (χ1) is 5.69. The fourth-order valence-electron chi connectivity index (χ4n) is 1.74. The maximum Gasteiger partial charge on any atom is 0.0319 e. The van der Waals surface area contributed by atoms with Crippen LogP contribution in [-0.2, 0) is 12.8 Å². The number of aryl methyl sites for hydroxylation is 2. The number of hydrogen-bond donors (Lipinski definition) is 1. The van der Waals surface area contributed by atoms with Crippen LogP contribution in [0.3, 0.4) is 0 Å². The van der Waals surface area contributed by atoms with Gasteiger partial charge in [0.2, 0.25) is 0 Å². The molecule has 1 nitrogen and oxygen atoms in total. The molecule has 0 amide bonds. The van der Waals surface area contributed by atoms with Gasteiger partial charge >= 0.3 is 0 Å². The van der Waals surface area contributed by atoms with Crippen molar-refractivity contribution in [1.82, 2.24) is 0 Å². The topological polar surface area (TPSA) is 26.0 Å². The van der Waals surface area contributed by atoms with Crippen molar-refractivity contribution in [2.45, 2.75) is 33.6 Å². The minimum absolute atomic E-state index is 0.890. The summed E-state index contributed by atoms with van der Waals surface area (Å²) in [5.41, 5.74) is 10.8. The second-order valence-electron chi connectivity index (χ2n) is 3.18. The van der Waals surface area contributed by atoms with Crippen molar-refractivity contribution >= 4 is 5.69 Å². The molecule has 1 aromatic rings. The number of anilines is 1. The van der Waals surface area contributed by atoms with E-state index in [4.69, 9.17) is 5.73 Å². The fourth-order valence-corrected chi connectivity index (χ4v) is 1.74. The van der Waals surface area contributed by atoms with Crippen LogP contribution in [0.4, 0.5) is 5.69 Å². The molecule has 1 aromatic carbocycles. The fraction of sp³-hybridized carbons (Fsp3) is 0.455. The first kappa shape index (κ1) is 9.11. The molecule has 0 unspecified atom stereocenters. The molecule has 0 aromatic heterocycles. The molecular formula is C11H17N. The van der Waals surface area contributed by atoms with Crippen molar-refractivity contribution in [3.8, 4) is 0 Å². The molecule has 0 radical (unpaired) electrons. The van der Waals surface area contributed by atoms with E-state index < -0.39 is 0 Å². The summed E-state index contributed by atoms with van der Waals surface area (Å²) in [7, 11) is 0. The molecule has 0 saturated carbocycles. The smallest absolute Gasteiger partial charge is 0.0319 e. The predicted octanol–water partition coefficient (Wildman–Crippen LogP) is 2.70. The largest absolute Gasteiger partial charge is 0.399 e. The van der Waals surface area contributed by atoms with E-state index in [1.807, 2.05) is 0 Å². The highest BCUT2D eigenvalue weighted by molar-refractivity contribution is 5.49. The van der Waals surface area contributed by atoms with Crippen molar-refractivity contribution in [1.29, 1.82) is 0 Å². The van der Waals surface area contributed by atoms with Gasteiger partial charge in [-0.3, -0.25) is 0 Å². The van der Waals surface area contributed by atoms with Gasteiger partial charge in [0, 0.05) is 5.69 Å². The van der Waals surface area contributed by atoms with Crippen LogP contribution < -0.4 is 5.73 Å². The molecule has 0 aliphatic rings. The van der Waals surface area contributed by atoms with Crippen LogP contribution in [0.1, 0.15) is 30.5 Å². The Morgan fingerprint density at radius 3 is 2.33 bits per heavy atom. The second-order valence-corrected chi connectivity index (χ2v) is 3.18. The molecule has 0 aliphatic carbocycles. The molecule has 0 spiro atoms. The molecule has 66 valence electrons. The SMILES string of the molecule is CCc1cc(N)cc(C)c1CC. The van der Waals surface area contributed by atoms with Crippen molar-refractivity contribution in [3.63, 3.8) is 0 Å². The summed E-state index contributed by atoms with van der Waals surface area (Å²) >= 11 is 0. The summed E-state index contributed by atoms with van der Waals surface area (Å²) in [5, 5.41) is 0. The first-order valence-electron chi connectivity index (χ1n) is 4.56. The normalized spacial score (nSPS) is 10.2. The Hall–Kier alpha value is -0.980. The van der Waals surface area contributed by atoms with Crippen molar-refractivity contribution in [3.05, 3.63) is 28.8 Å². The predicted molar refractivity (Wildman–Crippen MR) is 54.3 cm³/mol. The van der Waals surface area contributed by atoms with E-state index in [1.54, 1.807) is 0 Å². The molecule has 0 heterocycles. The van der Waals surface area contributed by atoms with Crippen LogP contribution in [0.25, 0.3) is 0 Å². The number of rotatable bonds is 2. The Balaban J connectivity index is 3.24. The molecular weight excluding hydrogens is 146 g/mol. The zero-order chi connectivity index (χ0) is 9.14. The third-order valence-corrected chi connectivity index (χ3v) is 2.32. The Morgan fingerprint density at radius 2 is 1.83 bits per heavy atom. The third kappa shape index (κ3) is 1.60. The third-order valence-electron chi connectivity index (χ3n) is 2.32. The number of nitrogens with two attached hydrogens (primary N) is 1. The molecule has 0 atom stereocenters. The van der Waals surface area contributed by atoms with E-state index in [9.17, 15) is 0 Å². The monoisotopic (exact) mass is 163 g/mol. The van der Waals surface area contributed by atoms with E-state index in [-0.39, 0.29) is 0 Å². The minimum atomic E-state index is 0.890. The Kier molecular flexibility index (Phi) is 2.74. The van der Waals surface area contributed by atoms with E-state index in [0.29, 0.717) is 0 Å². The van der Waals surface area contributed by atoms with Gasteiger partial charge in [-0.15, -0.1) is 0 Å². The standard InChI is InChI=1S/C11H17N/c1-4-9-7-10(12)6-8(3)11(9)5-2/h6-7H,4-5,12H2,1-3H3. The zero-order valence-electron chi connectivity index (χ0n) is 8.15. The highest BCUT2D eigenvalue weighted by atomic mass is 14.5.